The molecule has 2 heterocycles. The number of rotatable bonds is 3. The quantitative estimate of drug-likeness (QED) is 0.867. The number of hydrogen-bond donors (Lipinski definition) is 0. The Morgan fingerprint density at radius 3 is 2.82 bits per heavy atom. The van der Waals surface area contributed by atoms with Crippen LogP contribution in [0.3, 0.4) is 0 Å². The molecule has 2 aromatic carbocycles. The van der Waals surface area contributed by atoms with Crippen molar-refractivity contribution < 1.29 is 9.47 Å². The minimum Gasteiger partial charge on any atom is -0.497 e. The summed E-state index contributed by atoms with van der Waals surface area (Å²) in [6.45, 7) is 4.07. The zero-order valence-corrected chi connectivity index (χ0v) is 12.9. The van der Waals surface area contributed by atoms with E-state index >= 15 is 0 Å². The molecule has 0 radical (unpaired) electrons. The Balaban J connectivity index is 1.53. The molecule has 0 N–H and O–H groups in total. The lowest BCUT2D eigenvalue weighted by Crippen LogP contribution is -2.25. The molecule has 1 fully saturated rings. The molecule has 0 spiro atoms. The third kappa shape index (κ3) is 2.46. The molecule has 2 atom stereocenters. The summed E-state index contributed by atoms with van der Waals surface area (Å²) in [6, 6.07) is 17.0. The third-order valence-corrected chi connectivity index (χ3v) is 4.84. The normalized spacial score (nSPS) is 23.5. The molecule has 114 valence electrons. The summed E-state index contributed by atoms with van der Waals surface area (Å²) in [6.07, 6.45) is 0. The van der Waals surface area contributed by atoms with Gasteiger partial charge in [-0.15, -0.1) is 0 Å². The molecule has 0 amide bonds. The highest BCUT2D eigenvalue weighted by Gasteiger charge is 2.38. The average molecular weight is 295 g/mol. The molecule has 0 unspecified atom stereocenters. The summed E-state index contributed by atoms with van der Waals surface area (Å²) >= 11 is 0. The van der Waals surface area contributed by atoms with E-state index in [1.54, 1.807) is 7.11 Å². The van der Waals surface area contributed by atoms with Crippen LogP contribution in [-0.4, -0.2) is 31.7 Å². The topological polar surface area (TPSA) is 21.7 Å². The molecular weight excluding hydrogens is 274 g/mol. The Morgan fingerprint density at radius 1 is 1.14 bits per heavy atom. The maximum atomic E-state index is 5.97. The van der Waals surface area contributed by atoms with E-state index < -0.39 is 0 Å². The van der Waals surface area contributed by atoms with Gasteiger partial charge in [0.15, 0.2) is 0 Å². The minimum absolute atomic E-state index is 0.582. The van der Waals surface area contributed by atoms with E-state index in [2.05, 4.69) is 41.3 Å². The first-order chi connectivity index (χ1) is 10.8. The van der Waals surface area contributed by atoms with Gasteiger partial charge in [-0.3, -0.25) is 4.90 Å². The Labute approximate surface area is 131 Å². The zero-order chi connectivity index (χ0) is 14.9. The van der Waals surface area contributed by atoms with Crippen molar-refractivity contribution >= 4 is 0 Å². The fraction of sp³-hybridized carbons (Fsp3) is 0.368. The number of nitrogens with zero attached hydrogens (tertiary/aromatic N) is 1. The lowest BCUT2D eigenvalue weighted by Gasteiger charge is -2.28. The number of methoxy groups -OCH3 is 1. The zero-order valence-electron chi connectivity index (χ0n) is 12.9. The smallest absolute Gasteiger partial charge is 0.126 e. The lowest BCUT2D eigenvalue weighted by atomic mass is 9.87. The first-order valence-corrected chi connectivity index (χ1v) is 7.90. The van der Waals surface area contributed by atoms with Crippen LogP contribution in [0.2, 0.25) is 0 Å². The van der Waals surface area contributed by atoms with Crippen LogP contribution >= 0.6 is 0 Å². The van der Waals surface area contributed by atoms with Gasteiger partial charge in [0, 0.05) is 37.5 Å². The first kappa shape index (κ1) is 13.6. The Hall–Kier alpha value is -2.00. The van der Waals surface area contributed by atoms with E-state index in [4.69, 9.17) is 9.47 Å². The van der Waals surface area contributed by atoms with Crippen LogP contribution in [0.1, 0.15) is 17.0 Å². The molecule has 1 saturated heterocycles. The summed E-state index contributed by atoms with van der Waals surface area (Å²) in [5.74, 6) is 3.06. The summed E-state index contributed by atoms with van der Waals surface area (Å²) < 4.78 is 11.3. The van der Waals surface area contributed by atoms with Crippen molar-refractivity contribution in [3.8, 4) is 11.5 Å². The molecular formula is C19H21NO2. The second kappa shape index (κ2) is 5.65. The fourth-order valence-corrected chi connectivity index (χ4v) is 3.72. The van der Waals surface area contributed by atoms with Gasteiger partial charge in [0.05, 0.1) is 13.7 Å². The Morgan fingerprint density at radius 2 is 2.00 bits per heavy atom. The highest BCUT2D eigenvalue weighted by Crippen LogP contribution is 2.43. The largest absolute Gasteiger partial charge is 0.497 e. The summed E-state index contributed by atoms with van der Waals surface area (Å²) in [4.78, 5) is 2.55. The van der Waals surface area contributed by atoms with Crippen LogP contribution in [0.15, 0.2) is 48.5 Å². The standard InChI is InChI=1S/C19H21NO2/c1-21-16-7-8-17-18-12-20(10-14-5-3-2-4-6-14)11-15(18)13-22-19(17)9-16/h2-9,15,18H,10-13H2,1H3/t15-,18-/m1/s1. The van der Waals surface area contributed by atoms with Gasteiger partial charge in [-0.2, -0.15) is 0 Å². The Kier molecular flexibility index (Phi) is 3.51. The molecule has 0 bridgehead atoms. The molecule has 0 saturated carbocycles. The van der Waals surface area contributed by atoms with Crippen LogP contribution in [0.25, 0.3) is 0 Å². The van der Waals surface area contributed by atoms with Crippen LogP contribution in [0.4, 0.5) is 0 Å². The van der Waals surface area contributed by atoms with Crippen molar-refractivity contribution in [2.45, 2.75) is 12.5 Å². The van der Waals surface area contributed by atoms with Crippen LogP contribution in [0, 0.1) is 5.92 Å². The van der Waals surface area contributed by atoms with E-state index in [0.29, 0.717) is 11.8 Å². The Bertz CT molecular complexity index is 656. The molecule has 2 aromatic rings. The molecule has 0 aromatic heterocycles. The third-order valence-electron chi connectivity index (χ3n) is 4.84. The van der Waals surface area contributed by atoms with Gasteiger partial charge in [-0.05, 0) is 17.2 Å². The second-order valence-corrected chi connectivity index (χ2v) is 6.26. The van der Waals surface area contributed by atoms with Crippen molar-refractivity contribution in [1.82, 2.24) is 4.90 Å². The van der Waals surface area contributed by atoms with E-state index in [0.717, 1.165) is 37.7 Å². The first-order valence-electron chi connectivity index (χ1n) is 7.90. The molecule has 3 heteroatoms. The predicted molar refractivity (Wildman–Crippen MR) is 86.4 cm³/mol. The number of hydrogen-bond acceptors (Lipinski definition) is 3. The maximum absolute atomic E-state index is 5.97. The van der Waals surface area contributed by atoms with E-state index in [1.807, 2.05) is 12.1 Å². The SMILES string of the molecule is COc1ccc2c(c1)OC[C@H]1CN(Cc3ccccc3)C[C@@H]21. The number of benzene rings is 2. The molecule has 2 aliphatic rings. The molecule has 4 rings (SSSR count). The maximum Gasteiger partial charge on any atom is 0.126 e. The molecule has 0 aliphatic carbocycles. The van der Waals surface area contributed by atoms with Gasteiger partial charge in [-0.25, -0.2) is 0 Å². The van der Waals surface area contributed by atoms with Crippen molar-refractivity contribution in [3.05, 3.63) is 59.7 Å². The average Bonchev–Trinajstić information content (AvgIpc) is 2.98. The number of ether oxygens (including phenoxy) is 2. The van der Waals surface area contributed by atoms with Crippen molar-refractivity contribution in [2.75, 3.05) is 26.8 Å². The lowest BCUT2D eigenvalue weighted by molar-refractivity contribution is 0.211. The van der Waals surface area contributed by atoms with Gasteiger partial charge in [-0.1, -0.05) is 36.4 Å². The van der Waals surface area contributed by atoms with Crippen molar-refractivity contribution in [2.24, 2.45) is 5.92 Å². The minimum atomic E-state index is 0.582. The van der Waals surface area contributed by atoms with Crippen molar-refractivity contribution in [3.63, 3.8) is 0 Å². The van der Waals surface area contributed by atoms with E-state index in [1.165, 1.54) is 11.1 Å². The molecule has 3 nitrogen and oxygen atoms in total. The van der Waals surface area contributed by atoms with Gasteiger partial charge in [0.1, 0.15) is 11.5 Å². The van der Waals surface area contributed by atoms with Gasteiger partial charge in [0.25, 0.3) is 0 Å². The predicted octanol–water partition coefficient (Wildman–Crippen LogP) is 3.30. The second-order valence-electron chi connectivity index (χ2n) is 6.26. The molecule has 22 heavy (non-hydrogen) atoms. The monoisotopic (exact) mass is 295 g/mol. The highest BCUT2D eigenvalue weighted by atomic mass is 16.5. The van der Waals surface area contributed by atoms with Crippen LogP contribution < -0.4 is 9.47 Å². The highest BCUT2D eigenvalue weighted by molar-refractivity contribution is 5.45. The van der Waals surface area contributed by atoms with Crippen LogP contribution in [0.5, 0.6) is 11.5 Å². The summed E-state index contributed by atoms with van der Waals surface area (Å²) in [5, 5.41) is 0. The van der Waals surface area contributed by atoms with Crippen molar-refractivity contribution in [1.29, 1.82) is 0 Å². The number of likely N-dealkylation sites (tertiary alicyclic amines) is 1. The van der Waals surface area contributed by atoms with Crippen LogP contribution in [-0.2, 0) is 6.54 Å². The van der Waals surface area contributed by atoms with Gasteiger partial charge >= 0.3 is 0 Å². The number of fused-ring (bicyclic) bond motifs is 3. The summed E-state index contributed by atoms with van der Waals surface area (Å²) in [7, 11) is 1.70. The molecule has 2 aliphatic heterocycles. The van der Waals surface area contributed by atoms with E-state index in [-0.39, 0.29) is 0 Å². The van der Waals surface area contributed by atoms with Gasteiger partial charge in [0.2, 0.25) is 0 Å². The summed E-state index contributed by atoms with van der Waals surface area (Å²) in [5.41, 5.74) is 2.73. The van der Waals surface area contributed by atoms with Gasteiger partial charge < -0.3 is 9.47 Å². The fourth-order valence-electron chi connectivity index (χ4n) is 3.72. The van der Waals surface area contributed by atoms with E-state index in [9.17, 15) is 0 Å².